The van der Waals surface area contributed by atoms with Crippen molar-refractivity contribution in [3.63, 3.8) is 0 Å². The van der Waals surface area contributed by atoms with Gasteiger partial charge in [0.15, 0.2) is 0 Å². The number of hydrogen-bond acceptors (Lipinski definition) is 3. The first-order valence-corrected chi connectivity index (χ1v) is 7.76. The van der Waals surface area contributed by atoms with Gasteiger partial charge < -0.3 is 15.7 Å². The molecule has 3 N–H and O–H groups in total. The van der Waals surface area contributed by atoms with E-state index in [0.717, 1.165) is 10.2 Å². The summed E-state index contributed by atoms with van der Waals surface area (Å²) in [4.78, 5) is 25.1. The molecule has 1 aliphatic heterocycles. The highest BCUT2D eigenvalue weighted by molar-refractivity contribution is 9.10. The van der Waals surface area contributed by atoms with Crippen LogP contribution in [-0.4, -0.2) is 30.1 Å². The molecular formula is C15H19BrN2O3. The number of nitrogens with zero attached hydrogens (tertiary/aromatic N) is 1. The van der Waals surface area contributed by atoms with E-state index in [1.165, 1.54) is 0 Å². The molecule has 0 aliphatic carbocycles. The molecule has 0 unspecified atom stereocenters. The average molecular weight is 355 g/mol. The van der Waals surface area contributed by atoms with Crippen molar-refractivity contribution < 1.29 is 14.7 Å². The molecule has 1 aromatic carbocycles. The second-order valence-corrected chi connectivity index (χ2v) is 6.37. The lowest BCUT2D eigenvalue weighted by Crippen LogP contribution is -2.44. The standard InChI is InChI=1S/C15H19BrN2O3/c1-2-15(14(20)21)5-7-18(8-6-15)12-4-3-10(16)9-11(12)13(17)19/h3-4,9H,2,5-8H2,1H3,(H2,17,19)(H,20,21). The normalized spacial score (nSPS) is 17.5. The topological polar surface area (TPSA) is 83.6 Å². The number of carboxylic acid groups (broad SMARTS) is 1. The van der Waals surface area contributed by atoms with Gasteiger partial charge in [-0.2, -0.15) is 0 Å². The summed E-state index contributed by atoms with van der Waals surface area (Å²) in [5, 5.41) is 9.43. The molecule has 1 amide bonds. The lowest BCUT2D eigenvalue weighted by Gasteiger charge is -2.40. The van der Waals surface area contributed by atoms with Crippen molar-refractivity contribution in [1.29, 1.82) is 0 Å². The number of anilines is 1. The Morgan fingerprint density at radius 2 is 2.00 bits per heavy atom. The summed E-state index contributed by atoms with van der Waals surface area (Å²) in [6.45, 7) is 3.14. The third kappa shape index (κ3) is 3.05. The number of amides is 1. The maximum Gasteiger partial charge on any atom is 0.309 e. The molecule has 1 fully saturated rings. The Kier molecular flexibility index (Phi) is 4.56. The molecule has 6 heteroatoms. The van der Waals surface area contributed by atoms with Crippen molar-refractivity contribution in [1.82, 2.24) is 0 Å². The van der Waals surface area contributed by atoms with Gasteiger partial charge in [-0.1, -0.05) is 22.9 Å². The number of rotatable bonds is 4. The van der Waals surface area contributed by atoms with Crippen LogP contribution in [0.1, 0.15) is 36.5 Å². The second-order valence-electron chi connectivity index (χ2n) is 5.45. The van der Waals surface area contributed by atoms with Gasteiger partial charge in [0, 0.05) is 23.2 Å². The fourth-order valence-electron chi connectivity index (χ4n) is 2.88. The van der Waals surface area contributed by atoms with Gasteiger partial charge in [0.25, 0.3) is 5.91 Å². The van der Waals surface area contributed by atoms with E-state index in [2.05, 4.69) is 15.9 Å². The largest absolute Gasteiger partial charge is 0.481 e. The Hall–Kier alpha value is -1.56. The van der Waals surface area contributed by atoms with E-state index in [-0.39, 0.29) is 0 Å². The maximum atomic E-state index is 11.6. The van der Waals surface area contributed by atoms with E-state index in [4.69, 9.17) is 5.73 Å². The molecule has 1 saturated heterocycles. The van der Waals surface area contributed by atoms with Gasteiger partial charge in [0.05, 0.1) is 11.0 Å². The summed E-state index contributed by atoms with van der Waals surface area (Å²) in [7, 11) is 0. The zero-order valence-electron chi connectivity index (χ0n) is 11.9. The Labute approximate surface area is 132 Å². The molecule has 0 aromatic heterocycles. The Bertz CT molecular complexity index is 566. The number of piperidine rings is 1. The average Bonchev–Trinajstić information content (AvgIpc) is 2.47. The quantitative estimate of drug-likeness (QED) is 0.870. The van der Waals surface area contributed by atoms with Crippen molar-refractivity contribution in [2.75, 3.05) is 18.0 Å². The number of carbonyl (C=O) groups is 2. The molecular weight excluding hydrogens is 336 g/mol. The molecule has 1 heterocycles. The maximum absolute atomic E-state index is 11.6. The van der Waals surface area contributed by atoms with Crippen LogP contribution in [0.5, 0.6) is 0 Å². The first-order valence-electron chi connectivity index (χ1n) is 6.97. The minimum Gasteiger partial charge on any atom is -0.481 e. The molecule has 0 saturated carbocycles. The zero-order valence-corrected chi connectivity index (χ0v) is 13.5. The molecule has 1 aromatic rings. The molecule has 5 nitrogen and oxygen atoms in total. The molecule has 114 valence electrons. The van der Waals surface area contributed by atoms with Gasteiger partial charge in [-0.25, -0.2) is 0 Å². The predicted octanol–water partition coefficient (Wildman–Crippen LogP) is 2.63. The highest BCUT2D eigenvalue weighted by Gasteiger charge is 2.40. The van der Waals surface area contributed by atoms with E-state index >= 15 is 0 Å². The van der Waals surface area contributed by atoms with Crippen LogP contribution in [0.25, 0.3) is 0 Å². The van der Waals surface area contributed by atoms with Crippen LogP contribution < -0.4 is 10.6 Å². The van der Waals surface area contributed by atoms with Crippen LogP contribution in [0.3, 0.4) is 0 Å². The number of nitrogens with two attached hydrogens (primary N) is 1. The third-order valence-corrected chi connectivity index (χ3v) is 4.91. The Balaban J connectivity index is 2.23. The SMILES string of the molecule is CCC1(C(=O)O)CCN(c2ccc(Br)cc2C(N)=O)CC1. The molecule has 0 spiro atoms. The van der Waals surface area contributed by atoms with Gasteiger partial charge in [0.1, 0.15) is 0 Å². The van der Waals surface area contributed by atoms with Crippen molar-refractivity contribution in [3.05, 3.63) is 28.2 Å². The summed E-state index contributed by atoms with van der Waals surface area (Å²) in [5.41, 5.74) is 6.04. The highest BCUT2D eigenvalue weighted by Crippen LogP contribution is 2.37. The van der Waals surface area contributed by atoms with Crippen LogP contribution in [0.4, 0.5) is 5.69 Å². The minimum absolute atomic E-state index is 0.462. The lowest BCUT2D eigenvalue weighted by molar-refractivity contribution is -0.150. The van der Waals surface area contributed by atoms with Gasteiger partial charge in [0.2, 0.25) is 0 Å². The predicted molar refractivity (Wildman–Crippen MR) is 84.5 cm³/mol. The summed E-state index contributed by atoms with van der Waals surface area (Å²) in [6.07, 6.45) is 1.78. The van der Waals surface area contributed by atoms with Gasteiger partial charge in [-0.3, -0.25) is 9.59 Å². The lowest BCUT2D eigenvalue weighted by atomic mass is 9.76. The first kappa shape index (κ1) is 15.8. The molecule has 2 rings (SSSR count). The molecule has 1 aliphatic rings. The zero-order chi connectivity index (χ0) is 15.6. The van der Waals surface area contributed by atoms with Crippen LogP contribution >= 0.6 is 15.9 Å². The van der Waals surface area contributed by atoms with Crippen molar-refractivity contribution in [2.45, 2.75) is 26.2 Å². The number of aliphatic carboxylic acids is 1. The molecule has 0 bridgehead atoms. The second kappa shape index (κ2) is 6.05. The van der Waals surface area contributed by atoms with E-state index in [1.807, 2.05) is 24.0 Å². The number of hydrogen-bond donors (Lipinski definition) is 2. The van der Waals surface area contributed by atoms with Gasteiger partial charge >= 0.3 is 5.97 Å². The number of carbonyl (C=O) groups excluding carboxylic acids is 1. The van der Waals surface area contributed by atoms with Crippen LogP contribution in [0.2, 0.25) is 0 Å². The third-order valence-electron chi connectivity index (χ3n) is 4.42. The number of halogens is 1. The fraction of sp³-hybridized carbons (Fsp3) is 0.467. The van der Waals surface area contributed by atoms with Gasteiger partial charge in [-0.15, -0.1) is 0 Å². The Morgan fingerprint density at radius 1 is 1.38 bits per heavy atom. The summed E-state index contributed by atoms with van der Waals surface area (Å²) in [6, 6.07) is 5.42. The van der Waals surface area contributed by atoms with E-state index < -0.39 is 17.3 Å². The summed E-state index contributed by atoms with van der Waals surface area (Å²) in [5.74, 6) is -1.20. The molecule has 0 radical (unpaired) electrons. The first-order chi connectivity index (χ1) is 9.89. The monoisotopic (exact) mass is 354 g/mol. The van der Waals surface area contributed by atoms with E-state index in [1.54, 1.807) is 6.07 Å². The van der Waals surface area contributed by atoms with Crippen LogP contribution in [0, 0.1) is 5.41 Å². The molecule has 0 atom stereocenters. The fourth-order valence-corrected chi connectivity index (χ4v) is 3.24. The molecule has 21 heavy (non-hydrogen) atoms. The van der Waals surface area contributed by atoms with Crippen LogP contribution in [0.15, 0.2) is 22.7 Å². The minimum atomic E-state index is -0.726. The number of benzene rings is 1. The van der Waals surface area contributed by atoms with E-state index in [0.29, 0.717) is 37.9 Å². The number of primary amides is 1. The summed E-state index contributed by atoms with van der Waals surface area (Å²) < 4.78 is 0.797. The smallest absolute Gasteiger partial charge is 0.309 e. The number of carboxylic acids is 1. The van der Waals surface area contributed by atoms with Crippen molar-refractivity contribution in [3.8, 4) is 0 Å². The van der Waals surface area contributed by atoms with Crippen molar-refractivity contribution >= 4 is 33.5 Å². The van der Waals surface area contributed by atoms with Crippen molar-refractivity contribution in [2.24, 2.45) is 11.1 Å². The highest BCUT2D eigenvalue weighted by atomic mass is 79.9. The van der Waals surface area contributed by atoms with E-state index in [9.17, 15) is 14.7 Å². The summed E-state index contributed by atoms with van der Waals surface area (Å²) >= 11 is 3.33. The Morgan fingerprint density at radius 3 is 2.48 bits per heavy atom. The van der Waals surface area contributed by atoms with Crippen LogP contribution in [-0.2, 0) is 4.79 Å². The van der Waals surface area contributed by atoms with Gasteiger partial charge in [-0.05, 0) is 37.5 Å².